The van der Waals surface area contributed by atoms with Gasteiger partial charge in [0.1, 0.15) is 36.2 Å². The van der Waals surface area contributed by atoms with E-state index in [1.54, 1.807) is 37.1 Å². The van der Waals surface area contributed by atoms with E-state index in [1.165, 1.54) is 12.1 Å². The number of hydrogen-bond acceptors (Lipinski definition) is 9. The molecule has 11 heteroatoms. The Morgan fingerprint density at radius 3 is 2.40 bits per heavy atom. The van der Waals surface area contributed by atoms with Crippen molar-refractivity contribution >= 4 is 23.4 Å². The molecule has 3 aliphatic carbocycles. The number of allylic oxidation sites excluding steroid dienone is 1. The normalized spacial score (nSPS) is 25.5. The van der Waals surface area contributed by atoms with Gasteiger partial charge in [0.05, 0.1) is 18.2 Å². The summed E-state index contributed by atoms with van der Waals surface area (Å²) in [5, 5.41) is 24.4. The number of halogens is 1. The molecule has 3 aromatic rings. The molecule has 304 valence electrons. The summed E-state index contributed by atoms with van der Waals surface area (Å²) in [5.41, 5.74) is 3.49. The van der Waals surface area contributed by atoms with Crippen molar-refractivity contribution in [3.8, 4) is 17.2 Å². The van der Waals surface area contributed by atoms with Crippen molar-refractivity contribution in [1.82, 2.24) is 4.90 Å². The van der Waals surface area contributed by atoms with Gasteiger partial charge in [-0.15, -0.1) is 18.3 Å². The summed E-state index contributed by atoms with van der Waals surface area (Å²) in [6, 6.07) is 19.7. The fourth-order valence-corrected chi connectivity index (χ4v) is 9.70. The summed E-state index contributed by atoms with van der Waals surface area (Å²) in [7, 11) is 1.54. The highest BCUT2D eigenvalue weighted by molar-refractivity contribution is 7.98. The molecule has 4 aliphatic rings. The number of thioether (sulfide) groups is 1. The van der Waals surface area contributed by atoms with Gasteiger partial charge in [-0.05, 0) is 122 Å². The summed E-state index contributed by atoms with van der Waals surface area (Å²) < 4.78 is 35.1. The molecule has 2 fully saturated rings. The molecule has 0 unspecified atom stereocenters. The summed E-state index contributed by atoms with van der Waals surface area (Å²) in [6.07, 6.45) is 12.7. The Kier molecular flexibility index (Phi) is 13.4. The zero-order valence-corrected chi connectivity index (χ0v) is 33.8. The van der Waals surface area contributed by atoms with E-state index in [9.17, 15) is 19.4 Å². The molecule has 57 heavy (non-hydrogen) atoms. The maximum Gasteiger partial charge on any atom is 0.239 e. The Balaban J connectivity index is 1.42. The predicted molar refractivity (Wildman–Crippen MR) is 220 cm³/mol. The van der Waals surface area contributed by atoms with E-state index in [2.05, 4.69) is 23.9 Å². The van der Waals surface area contributed by atoms with Gasteiger partial charge in [-0.2, -0.15) is 0 Å². The highest BCUT2D eigenvalue weighted by atomic mass is 32.2. The Bertz CT molecular complexity index is 1920. The number of unbranched alkanes of at least 4 members (excludes halogenated alkanes) is 2. The first kappa shape index (κ1) is 41.0. The Morgan fingerprint density at radius 1 is 1.02 bits per heavy atom. The standard InChI is InChI=1S/C46H55FN2O7S/c1-4-25-54-46-42(49(45(52)31-13-14-31)29-30-11-15-33(47)16-12-30)28-40(48-53-2)38-26-32(9-5-7-23-50)37(10-6-8-24-51)43(44(38)46)39-27-35(19-22-41(39)56-46)55-34-17-20-36(57-3)21-18-34/h4,11-12,15-22,26-27,31-32,37,42-44,50-51H,1,5-10,13-14,23-25,28-29H2,2-3H3/t32-,37+,42-,43+,44+,46+/m0/s1. The van der Waals surface area contributed by atoms with E-state index in [0.29, 0.717) is 30.8 Å². The maximum atomic E-state index is 14.6. The van der Waals surface area contributed by atoms with Gasteiger partial charge in [0.25, 0.3) is 0 Å². The van der Waals surface area contributed by atoms with E-state index in [1.807, 2.05) is 47.6 Å². The molecular weight excluding hydrogens is 744 g/mol. The first-order valence-electron chi connectivity index (χ1n) is 20.3. The summed E-state index contributed by atoms with van der Waals surface area (Å²) in [6.45, 7) is 4.65. The van der Waals surface area contributed by atoms with Crippen LogP contribution in [0.15, 0.2) is 101 Å². The maximum absolute atomic E-state index is 14.6. The molecule has 0 spiro atoms. The molecule has 1 heterocycles. The Labute approximate surface area is 339 Å². The van der Waals surface area contributed by atoms with Crippen LogP contribution in [-0.2, 0) is 20.9 Å². The summed E-state index contributed by atoms with van der Waals surface area (Å²) >= 11 is 1.67. The topological polar surface area (TPSA) is 110 Å². The quantitative estimate of drug-likeness (QED) is 0.0536. The van der Waals surface area contributed by atoms with Crippen LogP contribution in [-0.4, -0.2) is 71.7 Å². The van der Waals surface area contributed by atoms with Crippen molar-refractivity contribution in [2.45, 2.75) is 87.0 Å². The lowest BCUT2D eigenvalue weighted by molar-refractivity contribution is -0.258. The van der Waals surface area contributed by atoms with Gasteiger partial charge < -0.3 is 34.2 Å². The van der Waals surface area contributed by atoms with Crippen LogP contribution in [0.4, 0.5) is 4.39 Å². The monoisotopic (exact) mass is 798 g/mol. The number of fused-ring (bicyclic) bond motifs is 2. The van der Waals surface area contributed by atoms with E-state index in [4.69, 9.17) is 19.0 Å². The molecule has 0 radical (unpaired) electrons. The number of nitrogens with zero attached hydrogens (tertiary/aromatic N) is 2. The van der Waals surface area contributed by atoms with Crippen LogP contribution in [0, 0.1) is 29.5 Å². The number of ether oxygens (including phenoxy) is 3. The van der Waals surface area contributed by atoms with Crippen LogP contribution in [0.3, 0.4) is 0 Å². The Hall–Kier alpha value is -4.16. The molecule has 2 saturated carbocycles. The van der Waals surface area contributed by atoms with Crippen LogP contribution in [0.25, 0.3) is 0 Å². The molecule has 1 aliphatic heterocycles. The van der Waals surface area contributed by atoms with E-state index in [0.717, 1.165) is 71.6 Å². The second-order valence-corrected chi connectivity index (χ2v) is 16.5. The van der Waals surface area contributed by atoms with Gasteiger partial charge in [0, 0.05) is 48.5 Å². The highest BCUT2D eigenvalue weighted by Gasteiger charge is 2.66. The second kappa shape index (κ2) is 18.6. The second-order valence-electron chi connectivity index (χ2n) is 15.6. The van der Waals surface area contributed by atoms with Crippen LogP contribution >= 0.6 is 11.8 Å². The molecule has 2 N–H and O–H groups in total. The first-order chi connectivity index (χ1) is 27.8. The third-order valence-electron chi connectivity index (χ3n) is 12.0. The van der Waals surface area contributed by atoms with Crippen molar-refractivity contribution in [1.29, 1.82) is 0 Å². The van der Waals surface area contributed by atoms with Gasteiger partial charge in [-0.1, -0.05) is 42.3 Å². The van der Waals surface area contributed by atoms with Crippen LogP contribution in [0.5, 0.6) is 17.2 Å². The minimum atomic E-state index is -1.36. The van der Waals surface area contributed by atoms with Crippen LogP contribution < -0.4 is 9.47 Å². The molecule has 7 rings (SSSR count). The zero-order chi connectivity index (χ0) is 39.9. The number of carbonyl (C=O) groups excluding carboxylic acids is 1. The lowest BCUT2D eigenvalue weighted by atomic mass is 9.55. The summed E-state index contributed by atoms with van der Waals surface area (Å²) in [4.78, 5) is 23.2. The third-order valence-corrected chi connectivity index (χ3v) is 12.7. The number of oxime groups is 1. The predicted octanol–water partition coefficient (Wildman–Crippen LogP) is 9.04. The number of aliphatic hydroxyl groups excluding tert-OH is 2. The van der Waals surface area contributed by atoms with Gasteiger partial charge in [0.2, 0.25) is 11.7 Å². The Morgan fingerprint density at radius 2 is 1.74 bits per heavy atom. The number of rotatable bonds is 19. The number of aliphatic hydroxyl groups is 2. The molecule has 0 aromatic heterocycles. The number of benzene rings is 3. The average molecular weight is 799 g/mol. The van der Waals surface area contributed by atoms with Crippen molar-refractivity contribution in [3.63, 3.8) is 0 Å². The van der Waals surface area contributed by atoms with Crippen molar-refractivity contribution < 1.29 is 38.4 Å². The molecule has 3 aromatic carbocycles. The lowest BCUT2D eigenvalue weighted by Gasteiger charge is -2.60. The number of amides is 1. The van der Waals surface area contributed by atoms with Crippen LogP contribution in [0.2, 0.25) is 0 Å². The zero-order valence-electron chi connectivity index (χ0n) is 33.0. The molecule has 9 nitrogen and oxygen atoms in total. The van der Waals surface area contributed by atoms with Crippen molar-refractivity contribution in [2.24, 2.45) is 28.8 Å². The molecule has 0 saturated heterocycles. The van der Waals surface area contributed by atoms with E-state index >= 15 is 0 Å². The third kappa shape index (κ3) is 8.82. The highest BCUT2D eigenvalue weighted by Crippen LogP contribution is 2.62. The minimum absolute atomic E-state index is 0.00877. The van der Waals surface area contributed by atoms with Gasteiger partial charge >= 0.3 is 0 Å². The van der Waals surface area contributed by atoms with Gasteiger partial charge in [-0.3, -0.25) is 4.79 Å². The molecular formula is C46H55FN2O7S. The van der Waals surface area contributed by atoms with E-state index < -0.39 is 17.7 Å². The van der Waals surface area contributed by atoms with Crippen molar-refractivity contribution in [3.05, 3.63) is 108 Å². The number of hydrogen-bond donors (Lipinski definition) is 2. The van der Waals surface area contributed by atoms with Crippen LogP contribution in [0.1, 0.15) is 74.8 Å². The molecule has 6 atom stereocenters. The lowest BCUT2D eigenvalue weighted by Crippen LogP contribution is -2.70. The number of carbonyl (C=O) groups is 1. The largest absolute Gasteiger partial charge is 0.459 e. The van der Waals surface area contributed by atoms with Gasteiger partial charge in [0.15, 0.2) is 0 Å². The van der Waals surface area contributed by atoms with Crippen molar-refractivity contribution in [2.75, 3.05) is 33.2 Å². The smallest absolute Gasteiger partial charge is 0.239 e. The van der Waals surface area contributed by atoms with E-state index in [-0.39, 0.29) is 61.8 Å². The fraction of sp³-hybridized carbons (Fsp3) is 0.478. The minimum Gasteiger partial charge on any atom is -0.459 e. The average Bonchev–Trinajstić information content (AvgIpc) is 4.08. The summed E-state index contributed by atoms with van der Waals surface area (Å²) in [5.74, 6) is -0.164. The fourth-order valence-electron chi connectivity index (χ4n) is 9.29. The molecule has 0 bridgehead atoms. The SMILES string of the molecule is C=CCO[C@@]12Oc3ccc(Oc4ccc(SC)cc4)cc3[C@H]3[C@H](CCCCO)[C@@H](CCCCO)C=C(C(=NOC)C[C@@H]1N(Cc1ccc(F)cc1)C(=O)C1CC1)[C@H]32. The van der Waals surface area contributed by atoms with Gasteiger partial charge in [-0.25, -0.2) is 4.39 Å². The molecule has 1 amide bonds. The first-order valence-corrected chi connectivity index (χ1v) is 21.5.